The smallest absolute Gasteiger partial charge is 0.340 e. The van der Waals surface area contributed by atoms with E-state index in [1.807, 2.05) is 30.3 Å². The van der Waals surface area contributed by atoms with Crippen LogP contribution in [0.3, 0.4) is 0 Å². The number of hydrogen-bond acceptors (Lipinski definition) is 6. The second kappa shape index (κ2) is 10.2. The Hall–Kier alpha value is -3.26. The van der Waals surface area contributed by atoms with Crippen LogP contribution in [-0.4, -0.2) is 35.9 Å². The van der Waals surface area contributed by atoms with Gasteiger partial charge in [-0.2, -0.15) is 11.8 Å². The molecule has 0 aliphatic rings. The molecule has 1 heterocycles. The number of ether oxygens (including phenoxy) is 1. The molecule has 0 bridgehead atoms. The van der Waals surface area contributed by atoms with Crippen LogP contribution in [0.25, 0.3) is 11.0 Å². The van der Waals surface area contributed by atoms with Gasteiger partial charge in [-0.25, -0.2) is 9.59 Å². The van der Waals surface area contributed by atoms with Gasteiger partial charge in [0.05, 0.1) is 19.1 Å². The van der Waals surface area contributed by atoms with Gasteiger partial charge in [-0.3, -0.25) is 4.79 Å². The number of aryl methyl sites for hydroxylation is 1. The quantitative estimate of drug-likeness (QED) is 0.491. The van der Waals surface area contributed by atoms with Gasteiger partial charge in [-0.1, -0.05) is 30.3 Å². The van der Waals surface area contributed by atoms with Crippen molar-refractivity contribution in [3.63, 3.8) is 0 Å². The first-order valence-electron chi connectivity index (χ1n) is 9.63. The molecule has 8 heteroatoms. The molecule has 7 nitrogen and oxygen atoms in total. The minimum Gasteiger partial charge on any atom is -0.497 e. The van der Waals surface area contributed by atoms with E-state index < -0.39 is 23.5 Å². The highest BCUT2D eigenvalue weighted by Crippen LogP contribution is 2.24. The van der Waals surface area contributed by atoms with Gasteiger partial charge in [0.2, 0.25) is 5.91 Å². The number of carboxylic acid groups (broad SMARTS) is 1. The monoisotopic (exact) mass is 441 g/mol. The molecule has 2 N–H and O–H groups in total. The van der Waals surface area contributed by atoms with Crippen molar-refractivity contribution in [3.8, 4) is 5.75 Å². The molecule has 31 heavy (non-hydrogen) atoms. The number of nitrogens with one attached hydrogen (secondary N) is 1. The summed E-state index contributed by atoms with van der Waals surface area (Å²) < 4.78 is 10.5. The van der Waals surface area contributed by atoms with E-state index in [2.05, 4.69) is 5.32 Å². The van der Waals surface area contributed by atoms with Crippen LogP contribution in [0.15, 0.2) is 57.7 Å². The molecule has 1 unspecified atom stereocenters. The highest BCUT2D eigenvalue weighted by molar-refractivity contribution is 7.98. The molecule has 162 valence electrons. The number of fused-ring (bicyclic) bond motifs is 1. The molecule has 1 amide bonds. The summed E-state index contributed by atoms with van der Waals surface area (Å²) >= 11 is 1.42. The predicted octanol–water partition coefficient (Wildman–Crippen LogP) is 3.16. The number of amides is 1. The maximum absolute atomic E-state index is 12.5. The van der Waals surface area contributed by atoms with Gasteiger partial charge in [0.15, 0.2) is 0 Å². The minimum absolute atomic E-state index is 0.205. The molecule has 1 aromatic heterocycles. The Morgan fingerprint density at radius 2 is 1.94 bits per heavy atom. The third-order valence-corrected chi connectivity index (χ3v) is 5.97. The topological polar surface area (TPSA) is 106 Å². The van der Waals surface area contributed by atoms with Crippen molar-refractivity contribution in [2.75, 3.05) is 12.9 Å². The molecule has 0 aliphatic carbocycles. The SMILES string of the molecule is COc1ccc2c(C)c(CC(=O)NC(CSCc3ccccc3)C(=O)O)c(=O)oc2c1. The summed E-state index contributed by atoms with van der Waals surface area (Å²) in [6.07, 6.45) is -0.261. The number of carboxylic acids is 1. The van der Waals surface area contributed by atoms with E-state index in [1.54, 1.807) is 25.1 Å². The fourth-order valence-corrected chi connectivity index (χ4v) is 4.16. The molecule has 0 saturated carbocycles. The zero-order valence-electron chi connectivity index (χ0n) is 17.2. The van der Waals surface area contributed by atoms with Crippen LogP contribution in [0.2, 0.25) is 0 Å². The van der Waals surface area contributed by atoms with Crippen LogP contribution < -0.4 is 15.7 Å². The van der Waals surface area contributed by atoms with Gasteiger partial charge in [0.1, 0.15) is 17.4 Å². The van der Waals surface area contributed by atoms with Gasteiger partial charge >= 0.3 is 11.6 Å². The molecule has 3 aromatic rings. The molecule has 0 aliphatic heterocycles. The average Bonchev–Trinajstić information content (AvgIpc) is 2.76. The van der Waals surface area contributed by atoms with Crippen molar-refractivity contribution >= 4 is 34.6 Å². The van der Waals surface area contributed by atoms with E-state index in [0.717, 1.165) is 5.56 Å². The Bertz CT molecular complexity index is 1140. The highest BCUT2D eigenvalue weighted by Gasteiger charge is 2.22. The van der Waals surface area contributed by atoms with Crippen LogP contribution in [-0.2, 0) is 21.8 Å². The van der Waals surface area contributed by atoms with Gasteiger partial charge in [-0.15, -0.1) is 0 Å². The summed E-state index contributed by atoms with van der Waals surface area (Å²) in [5.41, 5.74) is 1.64. The summed E-state index contributed by atoms with van der Waals surface area (Å²) in [5.74, 6) is -0.268. The van der Waals surface area contributed by atoms with Crippen LogP contribution in [0.5, 0.6) is 5.75 Å². The number of rotatable bonds is 9. The predicted molar refractivity (Wildman–Crippen MR) is 120 cm³/mol. The van der Waals surface area contributed by atoms with Crippen molar-refractivity contribution in [1.29, 1.82) is 0 Å². The van der Waals surface area contributed by atoms with E-state index in [4.69, 9.17) is 9.15 Å². The third kappa shape index (κ3) is 5.67. The van der Waals surface area contributed by atoms with Gasteiger partial charge in [-0.05, 0) is 30.2 Å². The summed E-state index contributed by atoms with van der Waals surface area (Å²) in [7, 11) is 1.52. The number of carbonyl (C=O) groups excluding carboxylic acids is 1. The lowest BCUT2D eigenvalue weighted by Gasteiger charge is -2.15. The number of thioether (sulfide) groups is 1. The van der Waals surface area contributed by atoms with Crippen LogP contribution in [0.4, 0.5) is 0 Å². The summed E-state index contributed by atoms with van der Waals surface area (Å²) in [6, 6.07) is 13.7. The van der Waals surface area contributed by atoms with Gasteiger partial charge < -0.3 is 19.6 Å². The Balaban J connectivity index is 1.68. The van der Waals surface area contributed by atoms with Crippen molar-refractivity contribution in [2.24, 2.45) is 0 Å². The lowest BCUT2D eigenvalue weighted by molar-refractivity contribution is -0.141. The number of methoxy groups -OCH3 is 1. The van der Waals surface area contributed by atoms with Crippen molar-refractivity contribution < 1.29 is 23.8 Å². The standard InChI is InChI=1S/C23H23NO6S/c1-14-17-9-8-16(29-2)10-20(17)30-23(28)18(14)11-21(25)24-19(22(26)27)13-31-12-15-6-4-3-5-7-15/h3-10,19H,11-13H2,1-2H3,(H,24,25)(H,26,27). The number of aliphatic carboxylic acids is 1. The second-order valence-electron chi connectivity index (χ2n) is 6.99. The molecule has 0 saturated heterocycles. The largest absolute Gasteiger partial charge is 0.497 e. The molecular weight excluding hydrogens is 418 g/mol. The van der Waals surface area contributed by atoms with E-state index in [9.17, 15) is 19.5 Å². The molecule has 1 atom stereocenters. The van der Waals surface area contributed by atoms with E-state index in [1.165, 1.54) is 18.9 Å². The lowest BCUT2D eigenvalue weighted by Crippen LogP contribution is -2.43. The fourth-order valence-electron chi connectivity index (χ4n) is 3.16. The van der Waals surface area contributed by atoms with Crippen molar-refractivity contribution in [1.82, 2.24) is 5.32 Å². The minimum atomic E-state index is -1.12. The first-order chi connectivity index (χ1) is 14.9. The van der Waals surface area contributed by atoms with Crippen LogP contribution in [0, 0.1) is 6.92 Å². The zero-order valence-corrected chi connectivity index (χ0v) is 18.0. The van der Waals surface area contributed by atoms with Crippen molar-refractivity contribution in [3.05, 3.63) is 75.6 Å². The summed E-state index contributed by atoms with van der Waals surface area (Å²) in [5, 5.41) is 12.7. The molecule has 0 fully saturated rings. The molecule has 3 rings (SSSR count). The average molecular weight is 442 g/mol. The van der Waals surface area contributed by atoms with E-state index in [-0.39, 0.29) is 17.7 Å². The Labute approximate surface area is 183 Å². The normalized spacial score (nSPS) is 11.8. The van der Waals surface area contributed by atoms with Crippen LogP contribution in [0.1, 0.15) is 16.7 Å². The Kier molecular flexibility index (Phi) is 7.36. The Morgan fingerprint density at radius 3 is 2.61 bits per heavy atom. The Morgan fingerprint density at radius 1 is 1.19 bits per heavy atom. The molecular formula is C23H23NO6S. The lowest BCUT2D eigenvalue weighted by atomic mass is 10.0. The summed E-state index contributed by atoms with van der Waals surface area (Å²) in [4.78, 5) is 36.5. The maximum atomic E-state index is 12.5. The van der Waals surface area contributed by atoms with Crippen molar-refractivity contribution in [2.45, 2.75) is 25.1 Å². The number of hydrogen-bond donors (Lipinski definition) is 2. The fraction of sp³-hybridized carbons (Fsp3) is 0.261. The number of carbonyl (C=O) groups is 2. The van der Waals surface area contributed by atoms with Crippen LogP contribution >= 0.6 is 11.8 Å². The van der Waals surface area contributed by atoms with Gasteiger partial charge in [0.25, 0.3) is 0 Å². The molecule has 0 spiro atoms. The van der Waals surface area contributed by atoms with E-state index >= 15 is 0 Å². The zero-order chi connectivity index (χ0) is 22.4. The van der Waals surface area contributed by atoms with E-state index in [0.29, 0.717) is 28.0 Å². The summed E-state index contributed by atoms with van der Waals surface area (Å²) in [6.45, 7) is 1.73. The molecule has 0 radical (unpaired) electrons. The maximum Gasteiger partial charge on any atom is 0.340 e. The number of benzene rings is 2. The first-order valence-corrected chi connectivity index (χ1v) is 10.8. The first kappa shape index (κ1) is 22.4. The molecule has 2 aromatic carbocycles. The van der Waals surface area contributed by atoms with Gasteiger partial charge in [0, 0.05) is 23.0 Å². The third-order valence-electron chi connectivity index (χ3n) is 4.86. The highest BCUT2D eigenvalue weighted by atomic mass is 32.2. The second-order valence-corrected chi connectivity index (χ2v) is 8.02.